The van der Waals surface area contributed by atoms with Gasteiger partial charge in [0.05, 0.1) is 4.92 Å². The molecule has 19 heavy (non-hydrogen) atoms. The van der Waals surface area contributed by atoms with Crippen molar-refractivity contribution in [1.82, 2.24) is 9.88 Å². The number of aromatic nitrogens is 1. The number of likely N-dealkylation sites (N-methyl/N-ethyl adjacent to an activating group) is 1. The molecule has 0 amide bonds. The minimum absolute atomic E-state index is 0.0568. The number of anilines is 2. The maximum atomic E-state index is 11.0. The van der Waals surface area contributed by atoms with Crippen molar-refractivity contribution in [3.05, 3.63) is 22.2 Å². The summed E-state index contributed by atoms with van der Waals surface area (Å²) in [7, 11) is 3.91. The Bertz CT molecular complexity index is 448. The quantitative estimate of drug-likeness (QED) is 0.599. The molecule has 0 aromatic carbocycles. The zero-order valence-corrected chi connectivity index (χ0v) is 11.8. The molecule has 1 aromatic heterocycles. The van der Waals surface area contributed by atoms with Crippen LogP contribution in [0.15, 0.2) is 12.1 Å². The van der Waals surface area contributed by atoms with Gasteiger partial charge in [-0.25, -0.2) is 4.98 Å². The number of hydrogen-bond donors (Lipinski definition) is 2. The summed E-state index contributed by atoms with van der Waals surface area (Å²) in [5.41, 5.74) is 5.54. The van der Waals surface area contributed by atoms with Gasteiger partial charge in [0.2, 0.25) is 5.82 Å². The zero-order chi connectivity index (χ0) is 14.6. The van der Waals surface area contributed by atoms with E-state index < -0.39 is 4.92 Å². The van der Waals surface area contributed by atoms with Crippen molar-refractivity contribution < 1.29 is 4.92 Å². The molecular formula is C12H21N5O2. The highest BCUT2D eigenvalue weighted by Crippen LogP contribution is 2.24. The fourth-order valence-corrected chi connectivity index (χ4v) is 1.71. The van der Waals surface area contributed by atoms with E-state index in [1.54, 1.807) is 0 Å². The van der Waals surface area contributed by atoms with Gasteiger partial charge >= 0.3 is 5.69 Å². The molecule has 0 spiro atoms. The molecule has 0 saturated carbocycles. The SMILES string of the molecule is CC(C)C(CN(C)C)Nc1nc(N)ccc1[N+](=O)[O-]. The number of nitrogens with zero attached hydrogens (tertiary/aromatic N) is 3. The van der Waals surface area contributed by atoms with Crippen LogP contribution in [0.5, 0.6) is 0 Å². The molecule has 1 unspecified atom stereocenters. The number of nitrogens with one attached hydrogen (secondary N) is 1. The molecule has 3 N–H and O–H groups in total. The first-order valence-corrected chi connectivity index (χ1v) is 6.13. The van der Waals surface area contributed by atoms with Gasteiger partial charge in [0.1, 0.15) is 5.82 Å². The Kier molecular flexibility index (Phi) is 5.05. The van der Waals surface area contributed by atoms with Gasteiger partial charge in [-0.15, -0.1) is 0 Å². The van der Waals surface area contributed by atoms with Crippen molar-refractivity contribution in [2.75, 3.05) is 31.7 Å². The maximum Gasteiger partial charge on any atom is 0.311 e. The van der Waals surface area contributed by atoms with Gasteiger partial charge in [-0.3, -0.25) is 10.1 Å². The average Bonchev–Trinajstić information content (AvgIpc) is 2.26. The van der Waals surface area contributed by atoms with Gasteiger partial charge in [0.15, 0.2) is 0 Å². The van der Waals surface area contributed by atoms with E-state index in [1.807, 2.05) is 19.0 Å². The van der Waals surface area contributed by atoms with Gasteiger partial charge in [0.25, 0.3) is 0 Å². The van der Waals surface area contributed by atoms with Crippen LogP contribution in [0, 0.1) is 16.0 Å². The van der Waals surface area contributed by atoms with E-state index >= 15 is 0 Å². The molecule has 1 atom stereocenters. The molecule has 0 aliphatic carbocycles. The summed E-state index contributed by atoms with van der Waals surface area (Å²) in [5.74, 6) is 0.802. The first-order valence-electron chi connectivity index (χ1n) is 6.13. The van der Waals surface area contributed by atoms with Crippen LogP contribution >= 0.6 is 0 Å². The van der Waals surface area contributed by atoms with Gasteiger partial charge in [-0.05, 0) is 26.1 Å². The van der Waals surface area contributed by atoms with Crippen molar-refractivity contribution in [1.29, 1.82) is 0 Å². The van der Waals surface area contributed by atoms with E-state index in [0.717, 1.165) is 6.54 Å². The van der Waals surface area contributed by atoms with Gasteiger partial charge in [-0.2, -0.15) is 0 Å². The molecule has 1 aromatic rings. The van der Waals surface area contributed by atoms with Crippen molar-refractivity contribution in [2.24, 2.45) is 5.92 Å². The lowest BCUT2D eigenvalue weighted by atomic mass is 10.0. The van der Waals surface area contributed by atoms with Crippen molar-refractivity contribution >= 4 is 17.3 Å². The van der Waals surface area contributed by atoms with Crippen molar-refractivity contribution in [3.8, 4) is 0 Å². The summed E-state index contributed by atoms with van der Waals surface area (Å²) in [6, 6.07) is 2.86. The fourth-order valence-electron chi connectivity index (χ4n) is 1.71. The third-order valence-corrected chi connectivity index (χ3v) is 2.78. The smallest absolute Gasteiger partial charge is 0.311 e. The van der Waals surface area contributed by atoms with E-state index in [9.17, 15) is 10.1 Å². The molecule has 7 nitrogen and oxygen atoms in total. The van der Waals surface area contributed by atoms with Crippen LogP contribution in [-0.2, 0) is 0 Å². The molecular weight excluding hydrogens is 246 g/mol. The topological polar surface area (TPSA) is 97.3 Å². The molecule has 0 bridgehead atoms. The maximum absolute atomic E-state index is 11.0. The summed E-state index contributed by atoms with van der Waals surface area (Å²) in [5, 5.41) is 14.1. The fraction of sp³-hybridized carbons (Fsp3) is 0.583. The molecule has 1 rings (SSSR count). The molecule has 7 heteroatoms. The Morgan fingerprint density at radius 2 is 2.11 bits per heavy atom. The minimum Gasteiger partial charge on any atom is -0.384 e. The summed E-state index contributed by atoms with van der Waals surface area (Å²) in [6.45, 7) is 4.86. The lowest BCUT2D eigenvalue weighted by Gasteiger charge is -2.26. The summed E-state index contributed by atoms with van der Waals surface area (Å²) in [4.78, 5) is 16.6. The van der Waals surface area contributed by atoms with E-state index in [0.29, 0.717) is 5.92 Å². The first kappa shape index (κ1) is 15.2. The largest absolute Gasteiger partial charge is 0.384 e. The van der Waals surface area contributed by atoms with Gasteiger partial charge < -0.3 is 16.0 Å². The third-order valence-electron chi connectivity index (χ3n) is 2.78. The summed E-state index contributed by atoms with van der Waals surface area (Å²) in [6.07, 6.45) is 0. The second-order valence-electron chi connectivity index (χ2n) is 5.12. The molecule has 0 fully saturated rings. The highest BCUT2D eigenvalue weighted by molar-refractivity contribution is 5.59. The number of pyridine rings is 1. The number of hydrogen-bond acceptors (Lipinski definition) is 6. The second kappa shape index (κ2) is 6.33. The van der Waals surface area contributed by atoms with Crippen LogP contribution < -0.4 is 11.1 Å². The number of rotatable bonds is 6. The Morgan fingerprint density at radius 3 is 2.58 bits per heavy atom. The number of nitrogens with two attached hydrogens (primary N) is 1. The van der Waals surface area contributed by atoms with Crippen LogP contribution in [0.3, 0.4) is 0 Å². The summed E-state index contributed by atoms with van der Waals surface area (Å²) >= 11 is 0. The molecule has 106 valence electrons. The summed E-state index contributed by atoms with van der Waals surface area (Å²) < 4.78 is 0. The Morgan fingerprint density at radius 1 is 1.47 bits per heavy atom. The van der Waals surface area contributed by atoms with Gasteiger partial charge in [0, 0.05) is 18.7 Å². The van der Waals surface area contributed by atoms with Crippen LogP contribution in [-0.4, -0.2) is 41.5 Å². The number of nitro groups is 1. The Balaban J connectivity index is 3.01. The van der Waals surface area contributed by atoms with E-state index in [4.69, 9.17) is 5.73 Å². The van der Waals surface area contributed by atoms with Crippen LogP contribution in [0.4, 0.5) is 17.3 Å². The standard InChI is InChI=1S/C12H21N5O2/c1-8(2)9(7-16(3)4)14-12-10(17(18)19)5-6-11(13)15-12/h5-6,8-9H,7H2,1-4H3,(H3,13,14,15). The van der Waals surface area contributed by atoms with E-state index in [-0.39, 0.29) is 23.4 Å². The molecule has 0 aliphatic heterocycles. The molecule has 0 radical (unpaired) electrons. The molecule has 1 heterocycles. The predicted molar refractivity (Wildman–Crippen MR) is 76.1 cm³/mol. The average molecular weight is 267 g/mol. The van der Waals surface area contributed by atoms with Crippen LogP contribution in [0.25, 0.3) is 0 Å². The normalized spacial score (nSPS) is 12.7. The lowest BCUT2D eigenvalue weighted by molar-refractivity contribution is -0.384. The Hall–Kier alpha value is -1.89. The van der Waals surface area contributed by atoms with Crippen LogP contribution in [0.2, 0.25) is 0 Å². The molecule has 0 saturated heterocycles. The second-order valence-corrected chi connectivity index (χ2v) is 5.12. The predicted octanol–water partition coefficient (Wildman–Crippen LogP) is 1.57. The monoisotopic (exact) mass is 267 g/mol. The Labute approximate surface area is 113 Å². The number of nitrogen functional groups attached to an aromatic ring is 1. The first-order chi connectivity index (χ1) is 8.81. The zero-order valence-electron chi connectivity index (χ0n) is 11.8. The van der Waals surface area contributed by atoms with E-state index in [1.165, 1.54) is 12.1 Å². The third kappa shape index (κ3) is 4.36. The van der Waals surface area contributed by atoms with E-state index in [2.05, 4.69) is 24.1 Å². The van der Waals surface area contributed by atoms with Crippen molar-refractivity contribution in [3.63, 3.8) is 0 Å². The van der Waals surface area contributed by atoms with Crippen molar-refractivity contribution in [2.45, 2.75) is 19.9 Å². The molecule has 0 aliphatic rings. The van der Waals surface area contributed by atoms with Gasteiger partial charge in [-0.1, -0.05) is 13.8 Å². The highest BCUT2D eigenvalue weighted by atomic mass is 16.6. The minimum atomic E-state index is -0.457. The highest BCUT2D eigenvalue weighted by Gasteiger charge is 2.21. The lowest BCUT2D eigenvalue weighted by Crippen LogP contribution is -2.36. The van der Waals surface area contributed by atoms with Crippen LogP contribution in [0.1, 0.15) is 13.8 Å².